The van der Waals surface area contributed by atoms with Crippen LogP contribution < -0.4 is 0 Å². The maximum atomic E-state index is 13.0. The number of ketones is 2. The molecule has 2 aromatic rings. The number of nitrogens with zero attached hydrogens (tertiary/aromatic N) is 2. The van der Waals surface area contributed by atoms with Crippen molar-refractivity contribution in [1.82, 2.24) is 9.97 Å². The summed E-state index contributed by atoms with van der Waals surface area (Å²) in [5, 5.41) is 0.401. The zero-order valence-corrected chi connectivity index (χ0v) is 10.8. The Kier molecular flexibility index (Phi) is 4.01. The molecule has 0 aliphatic rings. The summed E-state index contributed by atoms with van der Waals surface area (Å²) in [7, 11) is 0. The Hall–Kier alpha value is -2.08. The molecular weight excluding hydrogens is 267 g/mol. The molecule has 0 aliphatic heterocycles. The summed E-state index contributed by atoms with van der Waals surface area (Å²) in [4.78, 5) is 31.7. The lowest BCUT2D eigenvalue weighted by molar-refractivity contribution is 0.0813. The van der Waals surface area contributed by atoms with Gasteiger partial charge in [0.2, 0.25) is 5.78 Å². The number of Topliss-reactive ketones (excluding diaryl/α,β-unsaturated/α-hetero) is 2. The summed E-state index contributed by atoms with van der Waals surface area (Å²) >= 11 is 1.26. The van der Waals surface area contributed by atoms with Crippen LogP contribution in [0, 0.1) is 5.82 Å². The van der Waals surface area contributed by atoms with E-state index in [1.165, 1.54) is 42.2 Å². The first kappa shape index (κ1) is 13.4. The zero-order chi connectivity index (χ0) is 13.8. The number of rotatable bonds is 4. The van der Waals surface area contributed by atoms with Crippen molar-refractivity contribution in [2.24, 2.45) is 0 Å². The third-order valence-corrected chi connectivity index (χ3v) is 2.90. The van der Waals surface area contributed by atoms with Gasteiger partial charge in [0.05, 0.1) is 0 Å². The lowest BCUT2D eigenvalue weighted by Crippen LogP contribution is -2.16. The third kappa shape index (κ3) is 3.03. The fraction of sp³-hybridized carbons (Fsp3) is 0.0769. The predicted molar refractivity (Wildman–Crippen MR) is 68.9 cm³/mol. The Labute approximate surface area is 113 Å². The minimum Gasteiger partial charge on any atom is -0.285 e. The van der Waals surface area contributed by atoms with Gasteiger partial charge in [-0.05, 0) is 24.5 Å². The molecule has 4 nitrogen and oxygen atoms in total. The molecule has 0 radical (unpaired) electrons. The largest absolute Gasteiger partial charge is 0.285 e. The molecular formula is C13H9FN2O2S. The van der Waals surface area contributed by atoms with Crippen LogP contribution in [-0.4, -0.2) is 27.8 Å². The van der Waals surface area contributed by atoms with Crippen LogP contribution >= 0.6 is 11.8 Å². The topological polar surface area (TPSA) is 59.9 Å². The molecule has 6 heteroatoms. The molecule has 0 atom stereocenters. The van der Waals surface area contributed by atoms with Crippen molar-refractivity contribution in [1.29, 1.82) is 0 Å². The van der Waals surface area contributed by atoms with Gasteiger partial charge in [0.15, 0.2) is 5.16 Å². The minimum atomic E-state index is -0.787. The maximum absolute atomic E-state index is 13.0. The first-order valence-electron chi connectivity index (χ1n) is 5.33. The molecule has 0 N–H and O–H groups in total. The zero-order valence-electron chi connectivity index (χ0n) is 9.96. The molecule has 1 aromatic carbocycles. The van der Waals surface area contributed by atoms with Crippen molar-refractivity contribution in [3.05, 3.63) is 53.6 Å². The maximum Gasteiger partial charge on any atom is 0.251 e. The highest BCUT2D eigenvalue weighted by atomic mass is 32.2. The quantitative estimate of drug-likeness (QED) is 0.371. The fourth-order valence-corrected chi connectivity index (χ4v) is 1.80. The average molecular weight is 276 g/mol. The van der Waals surface area contributed by atoms with Crippen molar-refractivity contribution in [2.45, 2.75) is 5.16 Å². The number of thioether (sulfide) groups is 1. The number of hydrogen-bond acceptors (Lipinski definition) is 5. The van der Waals surface area contributed by atoms with Crippen LogP contribution in [0.15, 0.2) is 41.7 Å². The summed E-state index contributed by atoms with van der Waals surface area (Å²) in [5.74, 6) is -2.13. The lowest BCUT2D eigenvalue weighted by atomic mass is 10.1. The SMILES string of the molecule is CSc1nccc(C(=O)C(=O)c2cccc(F)c2)n1. The molecule has 0 saturated carbocycles. The van der Waals surface area contributed by atoms with Gasteiger partial charge in [-0.15, -0.1) is 0 Å². The van der Waals surface area contributed by atoms with E-state index in [9.17, 15) is 14.0 Å². The molecule has 1 aromatic heterocycles. The number of aromatic nitrogens is 2. The molecule has 0 fully saturated rings. The first-order valence-corrected chi connectivity index (χ1v) is 6.56. The van der Waals surface area contributed by atoms with E-state index in [2.05, 4.69) is 9.97 Å². The lowest BCUT2D eigenvalue weighted by Gasteiger charge is -2.01. The number of carbonyl (C=O) groups is 2. The van der Waals surface area contributed by atoms with Gasteiger partial charge in [0.25, 0.3) is 5.78 Å². The monoisotopic (exact) mass is 276 g/mol. The highest BCUT2D eigenvalue weighted by Gasteiger charge is 2.20. The van der Waals surface area contributed by atoms with E-state index in [-0.39, 0.29) is 11.3 Å². The van der Waals surface area contributed by atoms with Crippen LogP contribution in [0.3, 0.4) is 0 Å². The van der Waals surface area contributed by atoms with Crippen molar-refractivity contribution >= 4 is 23.3 Å². The van der Waals surface area contributed by atoms with Crippen molar-refractivity contribution in [3.63, 3.8) is 0 Å². The molecule has 1 heterocycles. The van der Waals surface area contributed by atoms with E-state index in [0.717, 1.165) is 6.07 Å². The minimum absolute atomic E-state index is 0.00797. The van der Waals surface area contributed by atoms with Crippen LogP contribution in [0.4, 0.5) is 4.39 Å². The van der Waals surface area contributed by atoms with Crippen LogP contribution in [0.25, 0.3) is 0 Å². The van der Waals surface area contributed by atoms with Gasteiger partial charge < -0.3 is 0 Å². The molecule has 0 amide bonds. The highest BCUT2D eigenvalue weighted by molar-refractivity contribution is 7.98. The molecule has 0 saturated heterocycles. The van der Waals surface area contributed by atoms with Crippen LogP contribution in [0.1, 0.15) is 20.8 Å². The Balaban J connectivity index is 2.31. The number of benzene rings is 1. The Morgan fingerprint density at radius 1 is 1.21 bits per heavy atom. The number of hydrogen-bond donors (Lipinski definition) is 0. The van der Waals surface area contributed by atoms with Gasteiger partial charge in [-0.3, -0.25) is 9.59 Å². The van der Waals surface area contributed by atoms with Gasteiger partial charge in [-0.1, -0.05) is 23.9 Å². The van der Waals surface area contributed by atoms with Gasteiger partial charge in [0, 0.05) is 11.8 Å². The average Bonchev–Trinajstić information content (AvgIpc) is 2.45. The van der Waals surface area contributed by atoms with Crippen molar-refractivity contribution < 1.29 is 14.0 Å². The second-order valence-corrected chi connectivity index (χ2v) is 4.37. The van der Waals surface area contributed by atoms with E-state index in [1.54, 1.807) is 6.26 Å². The summed E-state index contributed by atoms with van der Waals surface area (Å²) in [6.07, 6.45) is 3.17. The summed E-state index contributed by atoms with van der Waals surface area (Å²) < 4.78 is 13.0. The molecule has 0 bridgehead atoms. The molecule has 19 heavy (non-hydrogen) atoms. The summed E-state index contributed by atoms with van der Waals surface area (Å²) in [5.41, 5.74) is 0.0166. The standard InChI is InChI=1S/C13H9FN2O2S/c1-19-13-15-6-5-10(16-13)12(18)11(17)8-3-2-4-9(14)7-8/h2-7H,1H3. The summed E-state index contributed by atoms with van der Waals surface area (Å²) in [6, 6.07) is 6.36. The van der Waals surface area contributed by atoms with E-state index in [4.69, 9.17) is 0 Å². The van der Waals surface area contributed by atoms with Gasteiger partial charge in [-0.25, -0.2) is 14.4 Å². The van der Waals surface area contributed by atoms with E-state index < -0.39 is 17.4 Å². The molecule has 2 rings (SSSR count). The van der Waals surface area contributed by atoms with E-state index in [0.29, 0.717) is 5.16 Å². The molecule has 0 unspecified atom stereocenters. The highest BCUT2D eigenvalue weighted by Crippen LogP contribution is 2.11. The molecule has 96 valence electrons. The van der Waals surface area contributed by atoms with Gasteiger partial charge in [0.1, 0.15) is 11.5 Å². The van der Waals surface area contributed by atoms with Crippen molar-refractivity contribution in [3.8, 4) is 0 Å². The van der Waals surface area contributed by atoms with Crippen molar-refractivity contribution in [2.75, 3.05) is 6.26 Å². The smallest absolute Gasteiger partial charge is 0.251 e. The normalized spacial score (nSPS) is 10.2. The molecule has 0 aliphatic carbocycles. The third-order valence-electron chi connectivity index (χ3n) is 2.34. The summed E-state index contributed by atoms with van der Waals surface area (Å²) in [6.45, 7) is 0. The Bertz CT molecular complexity index is 646. The number of halogens is 1. The van der Waals surface area contributed by atoms with Crippen LogP contribution in [-0.2, 0) is 0 Å². The van der Waals surface area contributed by atoms with Crippen LogP contribution in [0.2, 0.25) is 0 Å². The second kappa shape index (κ2) is 5.71. The first-order chi connectivity index (χ1) is 9.11. The van der Waals surface area contributed by atoms with Gasteiger partial charge >= 0.3 is 0 Å². The Morgan fingerprint density at radius 2 is 2.00 bits per heavy atom. The van der Waals surface area contributed by atoms with Gasteiger partial charge in [-0.2, -0.15) is 0 Å². The van der Waals surface area contributed by atoms with E-state index in [1.807, 2.05) is 0 Å². The fourth-order valence-electron chi connectivity index (χ4n) is 1.44. The number of carbonyl (C=O) groups excluding carboxylic acids is 2. The predicted octanol–water partition coefficient (Wildman–Crippen LogP) is 2.40. The van der Waals surface area contributed by atoms with E-state index >= 15 is 0 Å². The second-order valence-electron chi connectivity index (χ2n) is 3.60. The molecule has 0 spiro atoms. The Morgan fingerprint density at radius 3 is 2.68 bits per heavy atom. The van der Waals surface area contributed by atoms with Crippen LogP contribution in [0.5, 0.6) is 0 Å².